The molecule has 0 fully saturated rings. The van der Waals surface area contributed by atoms with E-state index in [9.17, 15) is 0 Å². The third-order valence-electron chi connectivity index (χ3n) is 2.09. The van der Waals surface area contributed by atoms with E-state index in [4.69, 9.17) is 16.3 Å². The van der Waals surface area contributed by atoms with Gasteiger partial charge in [-0.05, 0) is 39.1 Å². The summed E-state index contributed by atoms with van der Waals surface area (Å²) in [7, 11) is 3.60. The van der Waals surface area contributed by atoms with Gasteiger partial charge in [0.15, 0.2) is 0 Å². The Labute approximate surface area is 100 Å². The first-order chi connectivity index (χ1) is 6.98. The third-order valence-corrected chi connectivity index (χ3v) is 3.58. The lowest BCUT2D eigenvalue weighted by molar-refractivity contribution is 0.404. The van der Waals surface area contributed by atoms with E-state index in [-0.39, 0.29) is 4.87 Å². The van der Waals surface area contributed by atoms with Crippen LogP contribution >= 0.6 is 23.4 Å². The Morgan fingerprint density at radius 3 is 2.60 bits per heavy atom. The fraction of sp³-hybridized carbons (Fsp3) is 0.455. The highest BCUT2D eigenvalue weighted by molar-refractivity contribution is 8.00. The van der Waals surface area contributed by atoms with Crippen LogP contribution in [-0.4, -0.2) is 19.0 Å². The average molecular weight is 246 g/mol. The second kappa shape index (κ2) is 5.10. The molecule has 2 nitrogen and oxygen atoms in total. The third kappa shape index (κ3) is 3.59. The lowest BCUT2D eigenvalue weighted by Gasteiger charge is -2.24. The van der Waals surface area contributed by atoms with Crippen molar-refractivity contribution in [2.24, 2.45) is 0 Å². The van der Waals surface area contributed by atoms with E-state index in [1.165, 1.54) is 0 Å². The van der Waals surface area contributed by atoms with Crippen LogP contribution in [0.2, 0.25) is 5.02 Å². The summed E-state index contributed by atoms with van der Waals surface area (Å²) in [4.78, 5) is 1.00. The van der Waals surface area contributed by atoms with Crippen LogP contribution in [0.5, 0.6) is 5.75 Å². The monoisotopic (exact) mass is 245 g/mol. The second-order valence-corrected chi connectivity index (χ2v) is 5.76. The molecule has 0 amide bonds. The number of nitrogens with one attached hydrogen (secondary N) is 1. The first-order valence-electron chi connectivity index (χ1n) is 4.70. The second-order valence-electron chi connectivity index (χ2n) is 3.66. The summed E-state index contributed by atoms with van der Waals surface area (Å²) in [5.41, 5.74) is 0. The maximum absolute atomic E-state index is 5.96. The van der Waals surface area contributed by atoms with Crippen molar-refractivity contribution in [1.29, 1.82) is 0 Å². The van der Waals surface area contributed by atoms with Gasteiger partial charge in [-0.15, -0.1) is 11.8 Å². The minimum absolute atomic E-state index is 0.0437. The maximum Gasteiger partial charge on any atom is 0.132 e. The van der Waals surface area contributed by atoms with Gasteiger partial charge in [0.05, 0.1) is 16.9 Å². The molecule has 0 atom stereocenters. The van der Waals surface area contributed by atoms with Gasteiger partial charge in [0.2, 0.25) is 0 Å². The van der Waals surface area contributed by atoms with Crippen LogP contribution in [0.1, 0.15) is 13.8 Å². The lowest BCUT2D eigenvalue weighted by Crippen LogP contribution is -2.31. The van der Waals surface area contributed by atoms with Crippen LogP contribution in [0.15, 0.2) is 23.1 Å². The average Bonchev–Trinajstić information content (AvgIpc) is 2.18. The van der Waals surface area contributed by atoms with E-state index >= 15 is 0 Å². The van der Waals surface area contributed by atoms with Gasteiger partial charge in [-0.1, -0.05) is 11.6 Å². The summed E-state index contributed by atoms with van der Waals surface area (Å²) >= 11 is 7.65. The fourth-order valence-electron chi connectivity index (χ4n) is 1.06. The molecule has 1 rings (SSSR count). The van der Waals surface area contributed by atoms with Crippen molar-refractivity contribution in [3.63, 3.8) is 0 Å². The fourth-order valence-corrected chi connectivity index (χ4v) is 2.38. The number of thioether (sulfide) groups is 1. The predicted molar refractivity (Wildman–Crippen MR) is 67.0 cm³/mol. The van der Waals surface area contributed by atoms with Gasteiger partial charge in [0.25, 0.3) is 0 Å². The van der Waals surface area contributed by atoms with Crippen molar-refractivity contribution in [2.45, 2.75) is 23.6 Å². The number of hydrogen-bond acceptors (Lipinski definition) is 3. The van der Waals surface area contributed by atoms with Crippen molar-refractivity contribution in [3.8, 4) is 5.75 Å². The van der Waals surface area contributed by atoms with Crippen molar-refractivity contribution in [1.82, 2.24) is 5.32 Å². The molecule has 84 valence electrons. The normalized spacial score (nSPS) is 11.5. The van der Waals surface area contributed by atoms with Crippen LogP contribution in [0, 0.1) is 0 Å². The van der Waals surface area contributed by atoms with Gasteiger partial charge in [-0.25, -0.2) is 0 Å². The number of halogens is 1. The highest BCUT2D eigenvalue weighted by Crippen LogP contribution is 2.37. The van der Waals surface area contributed by atoms with Crippen molar-refractivity contribution < 1.29 is 4.74 Å². The first-order valence-corrected chi connectivity index (χ1v) is 5.89. The number of benzene rings is 1. The van der Waals surface area contributed by atoms with Gasteiger partial charge in [0, 0.05) is 5.02 Å². The van der Waals surface area contributed by atoms with E-state index in [1.54, 1.807) is 18.9 Å². The molecule has 0 saturated carbocycles. The summed E-state index contributed by atoms with van der Waals surface area (Å²) < 4.78 is 5.28. The molecule has 0 aliphatic heterocycles. The zero-order chi connectivity index (χ0) is 11.5. The smallest absolute Gasteiger partial charge is 0.132 e. The van der Waals surface area contributed by atoms with E-state index in [0.29, 0.717) is 0 Å². The SMILES string of the molecule is CNC(C)(C)Sc1cc(Cl)ccc1OC. The summed E-state index contributed by atoms with van der Waals surface area (Å²) in [5.74, 6) is 0.854. The standard InChI is InChI=1S/C11H16ClNOS/c1-11(2,13-3)15-10-7-8(12)5-6-9(10)14-4/h5-7,13H,1-4H3. The van der Waals surface area contributed by atoms with E-state index in [1.807, 2.05) is 25.2 Å². The molecule has 0 radical (unpaired) electrons. The number of hydrogen-bond donors (Lipinski definition) is 1. The summed E-state index contributed by atoms with van der Waals surface area (Å²) in [6.45, 7) is 4.22. The quantitative estimate of drug-likeness (QED) is 0.649. The highest BCUT2D eigenvalue weighted by atomic mass is 35.5. The summed E-state index contributed by atoms with van der Waals surface area (Å²) in [5, 5.41) is 3.95. The summed E-state index contributed by atoms with van der Waals surface area (Å²) in [6, 6.07) is 5.64. The molecule has 0 spiro atoms. The Kier molecular flexibility index (Phi) is 4.32. The van der Waals surface area contributed by atoms with Crippen LogP contribution < -0.4 is 10.1 Å². The van der Waals surface area contributed by atoms with E-state index < -0.39 is 0 Å². The topological polar surface area (TPSA) is 21.3 Å². The minimum Gasteiger partial charge on any atom is -0.496 e. The molecule has 1 aromatic carbocycles. The summed E-state index contributed by atoms with van der Waals surface area (Å²) in [6.07, 6.45) is 0. The lowest BCUT2D eigenvalue weighted by atomic mass is 10.3. The van der Waals surface area contributed by atoms with Gasteiger partial charge < -0.3 is 10.1 Å². The minimum atomic E-state index is -0.0437. The molecule has 0 saturated heterocycles. The van der Waals surface area contributed by atoms with E-state index in [0.717, 1.165) is 15.7 Å². The number of methoxy groups -OCH3 is 1. The Morgan fingerprint density at radius 2 is 2.07 bits per heavy atom. The largest absolute Gasteiger partial charge is 0.496 e. The number of rotatable bonds is 4. The molecule has 0 unspecified atom stereocenters. The van der Waals surface area contributed by atoms with Crippen LogP contribution in [0.3, 0.4) is 0 Å². The highest BCUT2D eigenvalue weighted by Gasteiger charge is 2.18. The first kappa shape index (κ1) is 12.7. The van der Waals surface area contributed by atoms with Crippen LogP contribution in [-0.2, 0) is 0 Å². The van der Waals surface area contributed by atoms with Crippen molar-refractivity contribution in [3.05, 3.63) is 23.2 Å². The molecule has 4 heteroatoms. The molecular formula is C11H16ClNOS. The molecule has 15 heavy (non-hydrogen) atoms. The zero-order valence-corrected chi connectivity index (χ0v) is 11.0. The molecule has 0 heterocycles. The Hall–Kier alpha value is -0.380. The Bertz CT molecular complexity index is 341. The van der Waals surface area contributed by atoms with Crippen molar-refractivity contribution >= 4 is 23.4 Å². The zero-order valence-electron chi connectivity index (χ0n) is 9.43. The molecule has 0 bridgehead atoms. The maximum atomic E-state index is 5.96. The van der Waals surface area contributed by atoms with Crippen LogP contribution in [0.25, 0.3) is 0 Å². The van der Waals surface area contributed by atoms with Gasteiger partial charge in [-0.2, -0.15) is 0 Å². The molecule has 0 aliphatic rings. The van der Waals surface area contributed by atoms with Crippen LogP contribution in [0.4, 0.5) is 0 Å². The van der Waals surface area contributed by atoms with E-state index in [2.05, 4.69) is 19.2 Å². The van der Waals surface area contributed by atoms with Gasteiger partial charge in [0.1, 0.15) is 5.75 Å². The predicted octanol–water partition coefficient (Wildman–Crippen LogP) is 3.40. The molecule has 0 aromatic heterocycles. The molecular weight excluding hydrogens is 230 g/mol. The molecule has 1 aromatic rings. The van der Waals surface area contributed by atoms with Gasteiger partial charge >= 0.3 is 0 Å². The Morgan fingerprint density at radius 1 is 1.40 bits per heavy atom. The molecule has 0 aliphatic carbocycles. The number of ether oxygens (including phenoxy) is 1. The van der Waals surface area contributed by atoms with Gasteiger partial charge in [-0.3, -0.25) is 0 Å². The Balaban J connectivity index is 2.97. The van der Waals surface area contributed by atoms with Crippen molar-refractivity contribution in [2.75, 3.05) is 14.2 Å². The molecule has 1 N–H and O–H groups in total.